The summed E-state index contributed by atoms with van der Waals surface area (Å²) in [4.78, 5) is 50.0. The van der Waals surface area contributed by atoms with E-state index in [9.17, 15) is 24.5 Å². The monoisotopic (exact) mass is 525 g/mol. The van der Waals surface area contributed by atoms with E-state index in [1.807, 2.05) is 6.07 Å². The second-order valence-corrected chi connectivity index (χ2v) is 9.03. The second kappa shape index (κ2) is 11.6. The van der Waals surface area contributed by atoms with Gasteiger partial charge < -0.3 is 19.5 Å². The number of para-hydroxylation sites is 1. The highest BCUT2D eigenvalue weighted by molar-refractivity contribution is 8.00. The maximum atomic E-state index is 13.0. The second-order valence-electron chi connectivity index (χ2n) is 7.93. The van der Waals surface area contributed by atoms with Crippen molar-refractivity contribution in [2.45, 2.75) is 18.0 Å². The van der Waals surface area contributed by atoms with E-state index in [-0.39, 0.29) is 42.7 Å². The Morgan fingerprint density at radius 1 is 1.16 bits per heavy atom. The summed E-state index contributed by atoms with van der Waals surface area (Å²) >= 11 is 1.34. The smallest absolute Gasteiger partial charge is 0.358 e. The molecule has 37 heavy (non-hydrogen) atoms. The fraction of sp³-hybridized carbons (Fsp3) is 0.240. The van der Waals surface area contributed by atoms with Crippen LogP contribution in [0.2, 0.25) is 0 Å². The molecule has 12 heteroatoms. The minimum Gasteiger partial charge on any atom is -0.491 e. The van der Waals surface area contributed by atoms with E-state index in [4.69, 9.17) is 14.2 Å². The van der Waals surface area contributed by atoms with Crippen molar-refractivity contribution in [3.63, 3.8) is 0 Å². The van der Waals surface area contributed by atoms with Crippen molar-refractivity contribution >= 4 is 35.2 Å². The average molecular weight is 526 g/mol. The molecule has 11 nitrogen and oxygen atoms in total. The minimum atomic E-state index is -0.838. The molecule has 2 aromatic rings. The number of fused-ring (bicyclic) bond motifs is 1. The molecule has 2 aromatic carbocycles. The number of nitro groups is 1. The molecule has 0 aliphatic carbocycles. The van der Waals surface area contributed by atoms with E-state index in [1.165, 1.54) is 47.0 Å². The molecule has 2 aliphatic heterocycles. The van der Waals surface area contributed by atoms with Gasteiger partial charge in [-0.2, -0.15) is 0 Å². The summed E-state index contributed by atoms with van der Waals surface area (Å²) in [6.07, 6.45) is 1.51. The van der Waals surface area contributed by atoms with Gasteiger partial charge in [-0.25, -0.2) is 4.79 Å². The summed E-state index contributed by atoms with van der Waals surface area (Å²) in [7, 11) is 0. The Morgan fingerprint density at radius 3 is 2.57 bits per heavy atom. The summed E-state index contributed by atoms with van der Waals surface area (Å²) in [6.45, 7) is 3.30. The number of ether oxygens (including phenoxy) is 3. The molecular formula is C25H23N3O8S. The predicted molar refractivity (Wildman–Crippen MR) is 133 cm³/mol. The molecular weight excluding hydrogens is 502 g/mol. The third kappa shape index (κ3) is 5.92. The van der Waals surface area contributed by atoms with Crippen molar-refractivity contribution in [2.24, 2.45) is 0 Å². The van der Waals surface area contributed by atoms with Gasteiger partial charge in [0.2, 0.25) is 0 Å². The van der Waals surface area contributed by atoms with Crippen molar-refractivity contribution in [1.82, 2.24) is 10.2 Å². The summed E-state index contributed by atoms with van der Waals surface area (Å²) in [5.41, 5.74) is 0.412. The molecule has 1 N–H and O–H groups in total. The van der Waals surface area contributed by atoms with Gasteiger partial charge in [-0.1, -0.05) is 30.9 Å². The molecule has 2 atom stereocenters. The lowest BCUT2D eigenvalue weighted by Gasteiger charge is -2.49. The summed E-state index contributed by atoms with van der Waals surface area (Å²) in [6, 6.07) is 13.5. The van der Waals surface area contributed by atoms with Crippen LogP contribution in [0.5, 0.6) is 5.75 Å². The maximum absolute atomic E-state index is 13.0. The van der Waals surface area contributed by atoms with Gasteiger partial charge in [-0.05, 0) is 29.8 Å². The molecule has 0 radical (unpaired) electrons. The number of carbonyl (C=O) groups is 3. The molecule has 0 saturated carbocycles. The minimum absolute atomic E-state index is 0.0384. The number of nitro benzene ring substituents is 1. The number of esters is 1. The first kappa shape index (κ1) is 25.8. The summed E-state index contributed by atoms with van der Waals surface area (Å²) < 4.78 is 16.5. The lowest BCUT2D eigenvalue weighted by atomic mass is 10.0. The zero-order chi connectivity index (χ0) is 26.4. The fourth-order valence-electron chi connectivity index (χ4n) is 3.66. The van der Waals surface area contributed by atoms with Gasteiger partial charge in [0.15, 0.2) is 12.3 Å². The van der Waals surface area contributed by atoms with Crippen molar-refractivity contribution in [2.75, 3.05) is 19.0 Å². The predicted octanol–water partition coefficient (Wildman–Crippen LogP) is 2.53. The Hall–Kier alpha value is -4.32. The standard InChI is InChI=1S/C25H23N3O8S/c1-2-12-34-19-15-37-24-21(26-20(29)14-35-18-6-4-3-5-7-18)23(30)27(24)22(19)25(31)36-13-16-8-10-17(11-9-16)28(32)33/h2-11,21,24H,1,12-15H2,(H,26,29)/t21-,24-/m1/s1. The Morgan fingerprint density at radius 2 is 1.89 bits per heavy atom. The van der Waals surface area contributed by atoms with Crippen LogP contribution in [0.25, 0.3) is 0 Å². The number of thioether (sulfide) groups is 1. The Kier molecular flexibility index (Phi) is 8.08. The van der Waals surface area contributed by atoms with E-state index in [0.717, 1.165) is 0 Å². The number of amides is 2. The van der Waals surface area contributed by atoms with Gasteiger partial charge in [0.05, 0.1) is 10.7 Å². The van der Waals surface area contributed by atoms with Crippen molar-refractivity contribution in [3.8, 4) is 5.75 Å². The van der Waals surface area contributed by atoms with Gasteiger partial charge >= 0.3 is 5.97 Å². The number of hydrogen-bond donors (Lipinski definition) is 1. The van der Waals surface area contributed by atoms with Crippen LogP contribution in [0.4, 0.5) is 5.69 Å². The number of β-lactam (4-membered cyclic amide) rings is 1. The highest BCUT2D eigenvalue weighted by Gasteiger charge is 2.55. The van der Waals surface area contributed by atoms with E-state index >= 15 is 0 Å². The average Bonchev–Trinajstić information content (AvgIpc) is 2.92. The van der Waals surface area contributed by atoms with Crippen LogP contribution in [0.1, 0.15) is 5.56 Å². The van der Waals surface area contributed by atoms with Gasteiger partial charge in [0, 0.05) is 12.1 Å². The third-order valence-electron chi connectivity index (χ3n) is 5.45. The van der Waals surface area contributed by atoms with Gasteiger partial charge in [0.25, 0.3) is 17.5 Å². The van der Waals surface area contributed by atoms with Crippen LogP contribution in [0.15, 0.2) is 78.7 Å². The molecule has 1 fully saturated rings. The SMILES string of the molecule is C=CCOC1=C(C(=O)OCc2ccc([N+](=O)[O-])cc2)N2C(=O)[C@@H](NC(=O)COc3ccccc3)[C@H]2SC1. The molecule has 0 unspecified atom stereocenters. The van der Waals surface area contributed by atoms with Crippen molar-refractivity contribution in [1.29, 1.82) is 0 Å². The topological polar surface area (TPSA) is 137 Å². The number of nitrogens with zero attached hydrogens (tertiary/aromatic N) is 2. The Bertz CT molecular complexity index is 1230. The van der Waals surface area contributed by atoms with E-state index in [1.54, 1.807) is 24.3 Å². The normalized spacial score (nSPS) is 18.3. The number of non-ortho nitro benzene ring substituents is 1. The molecule has 0 spiro atoms. The largest absolute Gasteiger partial charge is 0.491 e. The van der Waals surface area contributed by atoms with Gasteiger partial charge in [0.1, 0.15) is 36.1 Å². The van der Waals surface area contributed by atoms with Gasteiger partial charge in [-0.15, -0.1) is 11.8 Å². The van der Waals surface area contributed by atoms with Crippen molar-refractivity contribution in [3.05, 3.63) is 94.4 Å². The highest BCUT2D eigenvalue weighted by Crippen LogP contribution is 2.41. The first-order valence-electron chi connectivity index (χ1n) is 11.2. The van der Waals surface area contributed by atoms with E-state index < -0.39 is 34.1 Å². The lowest BCUT2D eigenvalue weighted by Crippen LogP contribution is -2.71. The van der Waals surface area contributed by atoms with Crippen LogP contribution in [-0.4, -0.2) is 58.0 Å². The Labute approximate surface area is 216 Å². The number of rotatable bonds is 11. The number of nitrogens with one attached hydrogen (secondary N) is 1. The molecule has 1 saturated heterocycles. The highest BCUT2D eigenvalue weighted by atomic mass is 32.2. The maximum Gasteiger partial charge on any atom is 0.358 e. The molecule has 4 rings (SSSR count). The molecule has 0 aromatic heterocycles. The third-order valence-corrected chi connectivity index (χ3v) is 6.70. The zero-order valence-corrected chi connectivity index (χ0v) is 20.3. The number of benzene rings is 2. The quantitative estimate of drug-likeness (QED) is 0.154. The first-order chi connectivity index (χ1) is 17.9. The Balaban J connectivity index is 1.41. The number of hydrogen-bond acceptors (Lipinski definition) is 9. The van der Waals surface area contributed by atoms with Crippen LogP contribution in [-0.2, 0) is 30.5 Å². The van der Waals surface area contributed by atoms with Crippen LogP contribution >= 0.6 is 11.8 Å². The summed E-state index contributed by atoms with van der Waals surface area (Å²) in [5, 5.41) is 13.0. The first-order valence-corrected chi connectivity index (χ1v) is 12.2. The zero-order valence-electron chi connectivity index (χ0n) is 19.5. The van der Waals surface area contributed by atoms with Gasteiger partial charge in [-0.3, -0.25) is 24.6 Å². The van der Waals surface area contributed by atoms with Crippen LogP contribution in [0, 0.1) is 10.1 Å². The molecule has 2 aliphatic rings. The van der Waals surface area contributed by atoms with E-state index in [2.05, 4.69) is 11.9 Å². The van der Waals surface area contributed by atoms with Crippen LogP contribution < -0.4 is 10.1 Å². The molecule has 192 valence electrons. The lowest BCUT2D eigenvalue weighted by molar-refractivity contribution is -0.384. The fourth-order valence-corrected chi connectivity index (χ4v) is 4.94. The van der Waals surface area contributed by atoms with Crippen molar-refractivity contribution < 1.29 is 33.5 Å². The summed E-state index contributed by atoms with van der Waals surface area (Å²) in [5.74, 6) is -0.670. The molecule has 0 bridgehead atoms. The number of carbonyl (C=O) groups excluding carboxylic acids is 3. The van der Waals surface area contributed by atoms with Crippen LogP contribution in [0.3, 0.4) is 0 Å². The molecule has 2 amide bonds. The van der Waals surface area contributed by atoms with E-state index in [0.29, 0.717) is 11.3 Å². The molecule has 2 heterocycles.